The monoisotopic (exact) mass is 284 g/mol. The minimum atomic E-state index is -3.37. The lowest BCUT2D eigenvalue weighted by molar-refractivity contribution is -0.121. The van der Waals surface area contributed by atoms with Crippen LogP contribution in [-0.4, -0.2) is 32.7 Å². The smallest absolute Gasteiger partial charge is 0.244 e. The highest BCUT2D eigenvalue weighted by molar-refractivity contribution is 7.90. The maximum absolute atomic E-state index is 12.1. The number of para-hydroxylation sites is 1. The highest BCUT2D eigenvalue weighted by Crippen LogP contribution is 2.21. The number of hydrogen-bond donors (Lipinski definition) is 2. The van der Waals surface area contributed by atoms with E-state index in [4.69, 9.17) is 0 Å². The Balaban J connectivity index is 3.05. The van der Waals surface area contributed by atoms with E-state index in [-0.39, 0.29) is 10.8 Å². The summed E-state index contributed by atoms with van der Waals surface area (Å²) < 4.78 is 23.3. The first kappa shape index (κ1) is 15.7. The Bertz CT molecular complexity index is 565. The molecule has 0 radical (unpaired) electrons. The molecule has 0 atom stereocenters. The normalized spacial score (nSPS) is 12.2. The van der Waals surface area contributed by atoms with Gasteiger partial charge in [0.25, 0.3) is 0 Å². The molecule has 106 valence electrons. The molecule has 0 fully saturated rings. The van der Waals surface area contributed by atoms with Crippen molar-refractivity contribution >= 4 is 21.4 Å². The van der Waals surface area contributed by atoms with Crippen LogP contribution in [0.4, 0.5) is 5.69 Å². The largest absolute Gasteiger partial charge is 0.323 e. The van der Waals surface area contributed by atoms with Crippen molar-refractivity contribution in [2.45, 2.75) is 31.2 Å². The molecule has 0 unspecified atom stereocenters. The van der Waals surface area contributed by atoms with E-state index in [1.807, 2.05) is 6.92 Å². The van der Waals surface area contributed by atoms with Crippen molar-refractivity contribution in [3.05, 3.63) is 24.3 Å². The van der Waals surface area contributed by atoms with Gasteiger partial charge in [-0.25, -0.2) is 8.42 Å². The highest BCUT2D eigenvalue weighted by Gasteiger charge is 2.27. The topological polar surface area (TPSA) is 75.3 Å². The van der Waals surface area contributed by atoms with Crippen LogP contribution < -0.4 is 10.6 Å². The summed E-state index contributed by atoms with van der Waals surface area (Å²) in [5, 5.41) is 5.70. The molecular weight excluding hydrogens is 264 g/mol. The molecule has 0 aliphatic heterocycles. The van der Waals surface area contributed by atoms with Crippen LogP contribution in [0.2, 0.25) is 0 Å². The minimum Gasteiger partial charge on any atom is -0.323 e. The third kappa shape index (κ3) is 4.04. The predicted octanol–water partition coefficient (Wildman–Crippen LogP) is 1.42. The summed E-state index contributed by atoms with van der Waals surface area (Å²) in [6.45, 7) is 6.04. The number of hydrogen-bond acceptors (Lipinski definition) is 4. The fourth-order valence-electron chi connectivity index (χ4n) is 1.69. The Morgan fingerprint density at radius 2 is 1.84 bits per heavy atom. The summed E-state index contributed by atoms with van der Waals surface area (Å²) in [5.41, 5.74) is -0.458. The van der Waals surface area contributed by atoms with Gasteiger partial charge >= 0.3 is 0 Å². The molecule has 1 amide bonds. The van der Waals surface area contributed by atoms with E-state index >= 15 is 0 Å². The molecule has 0 spiro atoms. The molecule has 0 bridgehead atoms. The SMILES string of the molecule is CCNC(C)(C)C(=O)Nc1ccccc1S(C)(=O)=O. The number of anilines is 1. The van der Waals surface area contributed by atoms with Crippen molar-refractivity contribution in [2.75, 3.05) is 18.1 Å². The van der Waals surface area contributed by atoms with Crippen molar-refractivity contribution < 1.29 is 13.2 Å². The van der Waals surface area contributed by atoms with E-state index in [1.165, 1.54) is 6.07 Å². The maximum Gasteiger partial charge on any atom is 0.244 e. The molecule has 0 aromatic heterocycles. The van der Waals surface area contributed by atoms with Gasteiger partial charge in [-0.3, -0.25) is 4.79 Å². The molecule has 0 heterocycles. The zero-order valence-corrected chi connectivity index (χ0v) is 12.5. The summed E-state index contributed by atoms with van der Waals surface area (Å²) in [5.74, 6) is -0.273. The van der Waals surface area contributed by atoms with E-state index in [0.717, 1.165) is 6.26 Å². The van der Waals surface area contributed by atoms with Crippen LogP contribution >= 0.6 is 0 Å². The van der Waals surface area contributed by atoms with Gasteiger partial charge in [-0.2, -0.15) is 0 Å². The molecule has 6 heteroatoms. The number of carbonyl (C=O) groups excluding carboxylic acids is 1. The second kappa shape index (κ2) is 5.71. The zero-order valence-electron chi connectivity index (χ0n) is 11.6. The van der Waals surface area contributed by atoms with Gasteiger partial charge in [-0.1, -0.05) is 19.1 Å². The number of sulfone groups is 1. The molecule has 5 nitrogen and oxygen atoms in total. The van der Waals surface area contributed by atoms with Gasteiger partial charge in [-0.05, 0) is 32.5 Å². The Kier molecular flexibility index (Phi) is 4.70. The number of carbonyl (C=O) groups is 1. The van der Waals surface area contributed by atoms with E-state index in [1.54, 1.807) is 32.0 Å². The van der Waals surface area contributed by atoms with Gasteiger partial charge in [0.15, 0.2) is 9.84 Å². The third-order valence-corrected chi connectivity index (χ3v) is 3.88. The lowest BCUT2D eigenvalue weighted by Crippen LogP contribution is -2.49. The van der Waals surface area contributed by atoms with Crippen LogP contribution in [0.5, 0.6) is 0 Å². The lowest BCUT2D eigenvalue weighted by atomic mass is 10.0. The van der Waals surface area contributed by atoms with Crippen LogP contribution in [0.15, 0.2) is 29.2 Å². The quantitative estimate of drug-likeness (QED) is 0.857. The third-order valence-electron chi connectivity index (χ3n) is 2.72. The first-order chi connectivity index (χ1) is 8.68. The molecule has 19 heavy (non-hydrogen) atoms. The second-order valence-electron chi connectivity index (χ2n) is 4.88. The van der Waals surface area contributed by atoms with Crippen molar-refractivity contribution in [1.29, 1.82) is 0 Å². The van der Waals surface area contributed by atoms with Gasteiger partial charge in [0.1, 0.15) is 0 Å². The first-order valence-corrected chi connectivity index (χ1v) is 7.93. The summed E-state index contributed by atoms with van der Waals surface area (Å²) in [6, 6.07) is 6.37. The standard InChI is InChI=1S/C13H20N2O3S/c1-5-14-13(2,3)12(16)15-10-8-6-7-9-11(10)19(4,17)18/h6-9,14H,5H2,1-4H3,(H,15,16). The van der Waals surface area contributed by atoms with Crippen LogP contribution in [0.1, 0.15) is 20.8 Å². The van der Waals surface area contributed by atoms with Crippen LogP contribution in [0.25, 0.3) is 0 Å². The number of nitrogens with one attached hydrogen (secondary N) is 2. The minimum absolute atomic E-state index is 0.121. The molecular formula is C13H20N2O3S. The van der Waals surface area contributed by atoms with E-state index in [9.17, 15) is 13.2 Å². The summed E-state index contributed by atoms with van der Waals surface area (Å²) >= 11 is 0. The molecule has 0 saturated heterocycles. The van der Waals surface area contributed by atoms with Crippen molar-refractivity contribution in [3.63, 3.8) is 0 Å². The summed E-state index contributed by atoms with van der Waals surface area (Å²) in [7, 11) is -3.37. The Hall–Kier alpha value is -1.40. The van der Waals surface area contributed by atoms with Crippen molar-refractivity contribution in [2.24, 2.45) is 0 Å². The lowest BCUT2D eigenvalue weighted by Gasteiger charge is -2.25. The summed E-state index contributed by atoms with van der Waals surface area (Å²) in [4.78, 5) is 12.3. The molecule has 0 aliphatic carbocycles. The Labute approximate surface area is 114 Å². The first-order valence-electron chi connectivity index (χ1n) is 6.04. The van der Waals surface area contributed by atoms with E-state index in [0.29, 0.717) is 12.2 Å². The fourth-order valence-corrected chi connectivity index (χ4v) is 2.54. The van der Waals surface area contributed by atoms with Gasteiger partial charge in [0.05, 0.1) is 16.1 Å². The average Bonchev–Trinajstić information content (AvgIpc) is 2.28. The van der Waals surface area contributed by atoms with E-state index in [2.05, 4.69) is 10.6 Å². The molecule has 1 rings (SSSR count). The number of amides is 1. The molecule has 0 aliphatic rings. The highest BCUT2D eigenvalue weighted by atomic mass is 32.2. The summed E-state index contributed by atoms with van der Waals surface area (Å²) in [6.07, 6.45) is 1.12. The van der Waals surface area contributed by atoms with Crippen LogP contribution in [0, 0.1) is 0 Å². The zero-order chi connectivity index (χ0) is 14.7. The molecule has 1 aromatic carbocycles. The average molecular weight is 284 g/mol. The van der Waals surface area contributed by atoms with E-state index < -0.39 is 15.4 Å². The number of benzene rings is 1. The van der Waals surface area contributed by atoms with Gasteiger partial charge in [0, 0.05) is 6.26 Å². The van der Waals surface area contributed by atoms with Crippen LogP contribution in [0.3, 0.4) is 0 Å². The number of rotatable bonds is 5. The van der Waals surface area contributed by atoms with Crippen molar-refractivity contribution in [3.8, 4) is 0 Å². The van der Waals surface area contributed by atoms with Crippen LogP contribution in [-0.2, 0) is 14.6 Å². The molecule has 2 N–H and O–H groups in total. The molecule has 1 aromatic rings. The van der Waals surface area contributed by atoms with Gasteiger partial charge in [-0.15, -0.1) is 0 Å². The fraction of sp³-hybridized carbons (Fsp3) is 0.462. The number of likely N-dealkylation sites (N-methyl/N-ethyl adjacent to an activating group) is 1. The Morgan fingerprint density at radius 3 is 2.37 bits per heavy atom. The maximum atomic E-state index is 12.1. The van der Waals surface area contributed by atoms with Gasteiger partial charge in [0.2, 0.25) is 5.91 Å². The second-order valence-corrected chi connectivity index (χ2v) is 6.86. The predicted molar refractivity (Wildman–Crippen MR) is 75.9 cm³/mol. The van der Waals surface area contributed by atoms with Gasteiger partial charge < -0.3 is 10.6 Å². The van der Waals surface area contributed by atoms with Crippen molar-refractivity contribution in [1.82, 2.24) is 5.32 Å². The Morgan fingerprint density at radius 1 is 1.26 bits per heavy atom. The molecule has 0 saturated carbocycles.